The highest BCUT2D eigenvalue weighted by Crippen LogP contribution is 2.27. The minimum absolute atomic E-state index is 0.152. The van der Waals surface area contributed by atoms with Gasteiger partial charge in [0.05, 0.1) is 5.75 Å². The average Bonchev–Trinajstić information content (AvgIpc) is 2.37. The first-order valence-electron chi connectivity index (χ1n) is 7.06. The van der Waals surface area contributed by atoms with Gasteiger partial charge >= 0.3 is 0 Å². The standard InChI is InChI=1S/C13H22BrNO3S/c1-10(14)11-5-7-15(8-6-11)13(16)12-4-2-3-9-19(12,17)18/h10-12H,2-9H2,1H3. The van der Waals surface area contributed by atoms with E-state index in [1.165, 1.54) is 0 Å². The highest BCUT2D eigenvalue weighted by Gasteiger charge is 2.38. The second-order valence-electron chi connectivity index (χ2n) is 5.69. The SMILES string of the molecule is CC(Br)C1CCN(C(=O)C2CCCCS2(=O)=O)CC1. The van der Waals surface area contributed by atoms with Crippen LogP contribution in [0.15, 0.2) is 0 Å². The van der Waals surface area contributed by atoms with Crippen molar-refractivity contribution in [2.24, 2.45) is 5.92 Å². The van der Waals surface area contributed by atoms with Gasteiger partial charge in [0, 0.05) is 17.9 Å². The van der Waals surface area contributed by atoms with Crippen LogP contribution in [0, 0.1) is 5.92 Å². The topological polar surface area (TPSA) is 54.5 Å². The molecule has 0 saturated carbocycles. The average molecular weight is 352 g/mol. The Morgan fingerprint density at radius 3 is 2.37 bits per heavy atom. The first kappa shape index (κ1) is 15.3. The second kappa shape index (κ2) is 6.12. The van der Waals surface area contributed by atoms with Crippen molar-refractivity contribution in [3.8, 4) is 0 Å². The summed E-state index contributed by atoms with van der Waals surface area (Å²) in [6.07, 6.45) is 3.99. The Morgan fingerprint density at radius 1 is 1.21 bits per heavy atom. The van der Waals surface area contributed by atoms with E-state index in [4.69, 9.17) is 0 Å². The summed E-state index contributed by atoms with van der Waals surface area (Å²) >= 11 is 3.59. The third kappa shape index (κ3) is 3.51. The van der Waals surface area contributed by atoms with E-state index in [0.717, 1.165) is 19.3 Å². The lowest BCUT2D eigenvalue weighted by Gasteiger charge is -2.35. The predicted octanol–water partition coefficient (Wildman–Crippen LogP) is 1.98. The van der Waals surface area contributed by atoms with Crippen molar-refractivity contribution in [2.75, 3.05) is 18.8 Å². The molecule has 0 radical (unpaired) electrons. The molecule has 0 N–H and O–H groups in total. The van der Waals surface area contributed by atoms with Gasteiger partial charge in [0.1, 0.15) is 5.25 Å². The van der Waals surface area contributed by atoms with Crippen molar-refractivity contribution < 1.29 is 13.2 Å². The molecule has 2 aliphatic heterocycles. The predicted molar refractivity (Wildman–Crippen MR) is 79.1 cm³/mol. The van der Waals surface area contributed by atoms with Crippen LogP contribution >= 0.6 is 15.9 Å². The second-order valence-corrected chi connectivity index (χ2v) is 9.44. The monoisotopic (exact) mass is 351 g/mol. The van der Waals surface area contributed by atoms with E-state index in [0.29, 0.717) is 36.7 Å². The van der Waals surface area contributed by atoms with E-state index in [2.05, 4.69) is 22.9 Å². The number of nitrogens with zero attached hydrogens (tertiary/aromatic N) is 1. The van der Waals surface area contributed by atoms with E-state index in [1.807, 2.05) is 0 Å². The van der Waals surface area contributed by atoms with Crippen molar-refractivity contribution in [1.29, 1.82) is 0 Å². The quantitative estimate of drug-likeness (QED) is 0.714. The fraction of sp³-hybridized carbons (Fsp3) is 0.923. The molecule has 2 fully saturated rings. The summed E-state index contributed by atoms with van der Waals surface area (Å²) in [5, 5.41) is -0.765. The van der Waals surface area contributed by atoms with Gasteiger partial charge in [0.15, 0.2) is 9.84 Å². The van der Waals surface area contributed by atoms with E-state index in [9.17, 15) is 13.2 Å². The molecule has 0 aliphatic carbocycles. The fourth-order valence-corrected chi connectivity index (χ4v) is 5.42. The van der Waals surface area contributed by atoms with Crippen molar-refractivity contribution in [3.63, 3.8) is 0 Å². The van der Waals surface area contributed by atoms with Gasteiger partial charge in [0.2, 0.25) is 5.91 Å². The maximum absolute atomic E-state index is 12.4. The van der Waals surface area contributed by atoms with Crippen LogP contribution in [0.25, 0.3) is 0 Å². The normalized spacial score (nSPS) is 30.0. The Kier molecular flexibility index (Phi) is 4.93. The number of alkyl halides is 1. The third-order valence-electron chi connectivity index (χ3n) is 4.35. The first-order chi connectivity index (χ1) is 8.92. The van der Waals surface area contributed by atoms with Gasteiger partial charge in [-0.1, -0.05) is 29.3 Å². The van der Waals surface area contributed by atoms with Crippen molar-refractivity contribution in [1.82, 2.24) is 4.90 Å². The lowest BCUT2D eigenvalue weighted by atomic mass is 9.94. The Bertz CT molecular complexity index is 427. The molecule has 19 heavy (non-hydrogen) atoms. The molecular weight excluding hydrogens is 330 g/mol. The van der Waals surface area contributed by atoms with Gasteiger partial charge in [-0.15, -0.1) is 0 Å². The minimum atomic E-state index is -3.20. The molecule has 1 amide bonds. The number of carbonyl (C=O) groups excluding carboxylic acids is 1. The van der Waals surface area contributed by atoms with Crippen LogP contribution in [0.2, 0.25) is 0 Å². The summed E-state index contributed by atoms with van der Waals surface area (Å²) in [5.74, 6) is 0.616. The molecule has 0 aromatic rings. The lowest BCUT2D eigenvalue weighted by Crippen LogP contribution is -2.48. The van der Waals surface area contributed by atoms with Gasteiger partial charge in [0.25, 0.3) is 0 Å². The van der Waals surface area contributed by atoms with Crippen LogP contribution in [0.1, 0.15) is 39.0 Å². The number of hydrogen-bond acceptors (Lipinski definition) is 3. The van der Waals surface area contributed by atoms with E-state index >= 15 is 0 Å². The highest BCUT2D eigenvalue weighted by molar-refractivity contribution is 9.09. The molecule has 2 saturated heterocycles. The van der Waals surface area contributed by atoms with Crippen LogP contribution in [-0.2, 0) is 14.6 Å². The van der Waals surface area contributed by atoms with Gasteiger partial charge in [-0.3, -0.25) is 4.79 Å². The van der Waals surface area contributed by atoms with Crippen molar-refractivity contribution in [3.05, 3.63) is 0 Å². The van der Waals surface area contributed by atoms with Crippen LogP contribution < -0.4 is 0 Å². The van der Waals surface area contributed by atoms with Gasteiger partial charge < -0.3 is 4.90 Å². The van der Waals surface area contributed by atoms with Gasteiger partial charge in [-0.25, -0.2) is 8.42 Å². The number of likely N-dealkylation sites (tertiary alicyclic amines) is 1. The molecule has 0 aromatic carbocycles. The van der Waals surface area contributed by atoms with Crippen LogP contribution in [-0.4, -0.2) is 48.1 Å². The molecular formula is C13H22BrNO3S. The molecule has 0 bridgehead atoms. The van der Waals surface area contributed by atoms with E-state index in [-0.39, 0.29) is 11.7 Å². The van der Waals surface area contributed by atoms with Crippen molar-refractivity contribution >= 4 is 31.7 Å². The summed E-state index contributed by atoms with van der Waals surface area (Å²) < 4.78 is 24.0. The summed E-state index contributed by atoms with van der Waals surface area (Å²) in [5.41, 5.74) is 0. The number of rotatable bonds is 2. The molecule has 110 valence electrons. The van der Waals surface area contributed by atoms with Gasteiger partial charge in [-0.2, -0.15) is 0 Å². The number of carbonyl (C=O) groups is 1. The maximum atomic E-state index is 12.4. The third-order valence-corrected chi connectivity index (χ3v) is 7.26. The van der Waals surface area contributed by atoms with Crippen LogP contribution in [0.5, 0.6) is 0 Å². The number of halogens is 1. The zero-order valence-corrected chi connectivity index (χ0v) is 13.7. The van der Waals surface area contributed by atoms with Gasteiger partial charge in [-0.05, 0) is 31.6 Å². The molecule has 2 heterocycles. The van der Waals surface area contributed by atoms with E-state index in [1.54, 1.807) is 4.90 Å². The molecule has 4 nitrogen and oxygen atoms in total. The summed E-state index contributed by atoms with van der Waals surface area (Å²) in [4.78, 5) is 14.6. The Hall–Kier alpha value is -0.100. The Labute approximate surface area is 124 Å². The number of sulfone groups is 1. The highest BCUT2D eigenvalue weighted by atomic mass is 79.9. The zero-order valence-electron chi connectivity index (χ0n) is 11.3. The lowest BCUT2D eigenvalue weighted by molar-refractivity contribution is -0.132. The number of piperidine rings is 1. The fourth-order valence-electron chi connectivity index (χ4n) is 3.01. The van der Waals surface area contributed by atoms with Crippen LogP contribution in [0.4, 0.5) is 0 Å². The summed E-state index contributed by atoms with van der Waals surface area (Å²) in [6.45, 7) is 3.53. The Balaban J connectivity index is 1.97. The largest absolute Gasteiger partial charge is 0.342 e. The van der Waals surface area contributed by atoms with Crippen LogP contribution in [0.3, 0.4) is 0 Å². The maximum Gasteiger partial charge on any atom is 0.240 e. The molecule has 2 atom stereocenters. The molecule has 0 spiro atoms. The summed E-state index contributed by atoms with van der Waals surface area (Å²) in [7, 11) is -3.20. The molecule has 6 heteroatoms. The smallest absolute Gasteiger partial charge is 0.240 e. The number of amides is 1. The molecule has 2 rings (SSSR count). The molecule has 2 unspecified atom stereocenters. The summed E-state index contributed by atoms with van der Waals surface area (Å²) in [6, 6.07) is 0. The zero-order chi connectivity index (χ0) is 14.0. The molecule has 0 aromatic heterocycles. The molecule has 2 aliphatic rings. The number of hydrogen-bond donors (Lipinski definition) is 0. The van der Waals surface area contributed by atoms with E-state index < -0.39 is 15.1 Å². The minimum Gasteiger partial charge on any atom is -0.342 e. The van der Waals surface area contributed by atoms with Crippen molar-refractivity contribution in [2.45, 2.75) is 49.1 Å². The first-order valence-corrected chi connectivity index (χ1v) is 9.69. The Morgan fingerprint density at radius 2 is 1.84 bits per heavy atom.